The van der Waals surface area contributed by atoms with E-state index in [1.165, 1.54) is 49.2 Å². The third-order valence-electron chi connectivity index (χ3n) is 4.11. The van der Waals surface area contributed by atoms with Crippen LogP contribution in [0.5, 0.6) is 0 Å². The van der Waals surface area contributed by atoms with Crippen molar-refractivity contribution in [3.05, 3.63) is 34.9 Å². The minimum Gasteiger partial charge on any atom is -0.317 e. The summed E-state index contributed by atoms with van der Waals surface area (Å²) in [6.45, 7) is 12.6. The van der Waals surface area contributed by atoms with Gasteiger partial charge in [0.1, 0.15) is 0 Å². The molecule has 2 rings (SSSR count). The lowest BCUT2D eigenvalue weighted by Crippen LogP contribution is -2.35. The molecule has 0 saturated carbocycles. The first-order valence-corrected chi connectivity index (χ1v) is 7.67. The second kappa shape index (κ2) is 7.06. The zero-order chi connectivity index (χ0) is 13.7. The van der Waals surface area contributed by atoms with Crippen LogP contribution in [-0.2, 0) is 6.54 Å². The molecule has 19 heavy (non-hydrogen) atoms. The number of hydrogen-bond donors (Lipinski definition) is 1. The van der Waals surface area contributed by atoms with Gasteiger partial charge in [-0.3, -0.25) is 4.90 Å². The van der Waals surface area contributed by atoms with E-state index in [0.717, 1.165) is 19.0 Å². The Balaban J connectivity index is 1.93. The average molecular weight is 260 g/mol. The zero-order valence-corrected chi connectivity index (χ0v) is 12.7. The molecule has 1 heterocycles. The standard InChI is InChI=1S/C17H28N2/c1-4-19(12-16-5-7-18-8-6-16)13-17-10-14(2)9-15(3)11-17/h9-11,16,18H,4-8,12-13H2,1-3H3. The molecule has 0 spiro atoms. The third-order valence-corrected chi connectivity index (χ3v) is 4.11. The lowest BCUT2D eigenvalue weighted by Gasteiger charge is -2.29. The highest BCUT2D eigenvalue weighted by Gasteiger charge is 2.16. The molecule has 1 fully saturated rings. The quantitative estimate of drug-likeness (QED) is 0.875. The maximum absolute atomic E-state index is 3.45. The monoisotopic (exact) mass is 260 g/mol. The minimum absolute atomic E-state index is 0.882. The second-order valence-corrected chi connectivity index (χ2v) is 6.02. The van der Waals surface area contributed by atoms with E-state index in [2.05, 4.69) is 49.2 Å². The van der Waals surface area contributed by atoms with Crippen molar-refractivity contribution >= 4 is 0 Å². The summed E-state index contributed by atoms with van der Waals surface area (Å²) in [5, 5.41) is 3.45. The summed E-state index contributed by atoms with van der Waals surface area (Å²) in [5.74, 6) is 0.882. The predicted octanol–water partition coefficient (Wildman–Crippen LogP) is 3.12. The van der Waals surface area contributed by atoms with Crippen LogP contribution in [0, 0.1) is 19.8 Å². The van der Waals surface area contributed by atoms with Crippen LogP contribution in [0.1, 0.15) is 36.5 Å². The van der Waals surface area contributed by atoms with E-state index < -0.39 is 0 Å². The first-order chi connectivity index (χ1) is 9.17. The van der Waals surface area contributed by atoms with Crippen molar-refractivity contribution in [3.63, 3.8) is 0 Å². The lowest BCUT2D eigenvalue weighted by molar-refractivity contribution is 0.207. The molecule has 1 aliphatic rings. The van der Waals surface area contributed by atoms with Gasteiger partial charge in [0, 0.05) is 13.1 Å². The molecule has 0 aliphatic carbocycles. The van der Waals surface area contributed by atoms with Crippen molar-refractivity contribution in [2.24, 2.45) is 5.92 Å². The molecule has 0 bridgehead atoms. The Morgan fingerprint density at radius 2 is 1.74 bits per heavy atom. The summed E-state index contributed by atoms with van der Waals surface area (Å²) < 4.78 is 0. The summed E-state index contributed by atoms with van der Waals surface area (Å²) in [4.78, 5) is 2.60. The first-order valence-electron chi connectivity index (χ1n) is 7.67. The van der Waals surface area contributed by atoms with Crippen LogP contribution >= 0.6 is 0 Å². The van der Waals surface area contributed by atoms with Crippen molar-refractivity contribution in [1.29, 1.82) is 0 Å². The van der Waals surface area contributed by atoms with Gasteiger partial charge in [0.05, 0.1) is 0 Å². The summed E-state index contributed by atoms with van der Waals surface area (Å²) in [5.41, 5.74) is 4.23. The molecular formula is C17H28N2. The number of piperidine rings is 1. The fraction of sp³-hybridized carbons (Fsp3) is 0.647. The highest BCUT2D eigenvalue weighted by Crippen LogP contribution is 2.16. The molecule has 2 nitrogen and oxygen atoms in total. The van der Waals surface area contributed by atoms with Gasteiger partial charge in [0.25, 0.3) is 0 Å². The van der Waals surface area contributed by atoms with Crippen molar-refractivity contribution in [2.45, 2.75) is 40.2 Å². The Bertz CT molecular complexity index is 374. The molecule has 0 amide bonds. The lowest BCUT2D eigenvalue weighted by atomic mass is 9.97. The maximum atomic E-state index is 3.45. The van der Waals surface area contributed by atoms with Crippen LogP contribution in [0.15, 0.2) is 18.2 Å². The van der Waals surface area contributed by atoms with Crippen LogP contribution < -0.4 is 5.32 Å². The first kappa shape index (κ1) is 14.5. The van der Waals surface area contributed by atoms with Gasteiger partial charge in [-0.15, -0.1) is 0 Å². The number of nitrogens with zero attached hydrogens (tertiary/aromatic N) is 1. The van der Waals surface area contributed by atoms with Gasteiger partial charge >= 0.3 is 0 Å². The Kier molecular flexibility index (Phi) is 5.41. The van der Waals surface area contributed by atoms with Crippen LogP contribution in [0.25, 0.3) is 0 Å². The molecule has 1 aromatic carbocycles. The van der Waals surface area contributed by atoms with Crippen LogP contribution in [0.4, 0.5) is 0 Å². The number of rotatable bonds is 5. The van der Waals surface area contributed by atoms with Gasteiger partial charge in [0.15, 0.2) is 0 Å². The molecule has 2 heteroatoms. The molecule has 106 valence electrons. The minimum atomic E-state index is 0.882. The van der Waals surface area contributed by atoms with Gasteiger partial charge < -0.3 is 5.32 Å². The van der Waals surface area contributed by atoms with Gasteiger partial charge in [-0.2, -0.15) is 0 Å². The Hall–Kier alpha value is -0.860. The molecule has 0 aromatic heterocycles. The molecule has 0 atom stereocenters. The Morgan fingerprint density at radius 1 is 1.11 bits per heavy atom. The largest absolute Gasteiger partial charge is 0.317 e. The number of aryl methyl sites for hydroxylation is 2. The fourth-order valence-corrected chi connectivity index (χ4v) is 3.15. The average Bonchev–Trinajstić information content (AvgIpc) is 2.38. The Morgan fingerprint density at radius 3 is 2.32 bits per heavy atom. The second-order valence-electron chi connectivity index (χ2n) is 6.02. The third kappa shape index (κ3) is 4.63. The maximum Gasteiger partial charge on any atom is 0.0233 e. The molecule has 1 saturated heterocycles. The molecule has 1 N–H and O–H groups in total. The molecule has 0 unspecified atom stereocenters. The smallest absolute Gasteiger partial charge is 0.0233 e. The zero-order valence-electron chi connectivity index (χ0n) is 12.7. The number of benzene rings is 1. The van der Waals surface area contributed by atoms with E-state index in [0.29, 0.717) is 0 Å². The molecular weight excluding hydrogens is 232 g/mol. The SMILES string of the molecule is CCN(Cc1cc(C)cc(C)c1)CC1CCNCC1. The van der Waals surface area contributed by atoms with Crippen LogP contribution in [-0.4, -0.2) is 31.1 Å². The van der Waals surface area contributed by atoms with Crippen molar-refractivity contribution in [2.75, 3.05) is 26.2 Å². The molecule has 1 aromatic rings. The molecule has 0 radical (unpaired) electrons. The fourth-order valence-electron chi connectivity index (χ4n) is 3.15. The summed E-state index contributed by atoms with van der Waals surface area (Å²) in [6, 6.07) is 6.92. The molecule has 1 aliphatic heterocycles. The van der Waals surface area contributed by atoms with Crippen molar-refractivity contribution in [3.8, 4) is 0 Å². The van der Waals surface area contributed by atoms with Crippen LogP contribution in [0.3, 0.4) is 0 Å². The Labute approximate surface area is 118 Å². The highest BCUT2D eigenvalue weighted by atomic mass is 15.1. The van der Waals surface area contributed by atoms with E-state index >= 15 is 0 Å². The highest BCUT2D eigenvalue weighted by molar-refractivity contribution is 5.28. The summed E-state index contributed by atoms with van der Waals surface area (Å²) in [7, 11) is 0. The van der Waals surface area contributed by atoms with E-state index in [-0.39, 0.29) is 0 Å². The van der Waals surface area contributed by atoms with E-state index in [9.17, 15) is 0 Å². The van der Waals surface area contributed by atoms with E-state index in [1.807, 2.05) is 0 Å². The summed E-state index contributed by atoms with van der Waals surface area (Å²) in [6.07, 6.45) is 2.67. The van der Waals surface area contributed by atoms with Crippen molar-refractivity contribution in [1.82, 2.24) is 10.2 Å². The van der Waals surface area contributed by atoms with Crippen molar-refractivity contribution < 1.29 is 0 Å². The van der Waals surface area contributed by atoms with E-state index in [4.69, 9.17) is 0 Å². The van der Waals surface area contributed by atoms with Gasteiger partial charge in [-0.1, -0.05) is 36.2 Å². The number of hydrogen-bond acceptors (Lipinski definition) is 2. The topological polar surface area (TPSA) is 15.3 Å². The van der Waals surface area contributed by atoms with Gasteiger partial charge in [-0.05, 0) is 57.8 Å². The van der Waals surface area contributed by atoms with Crippen LogP contribution in [0.2, 0.25) is 0 Å². The number of nitrogens with one attached hydrogen (secondary N) is 1. The predicted molar refractivity (Wildman–Crippen MR) is 82.5 cm³/mol. The van der Waals surface area contributed by atoms with E-state index in [1.54, 1.807) is 0 Å². The normalized spacial score (nSPS) is 17.1. The van der Waals surface area contributed by atoms with Gasteiger partial charge in [0.2, 0.25) is 0 Å². The summed E-state index contributed by atoms with van der Waals surface area (Å²) >= 11 is 0. The van der Waals surface area contributed by atoms with Gasteiger partial charge in [-0.25, -0.2) is 0 Å².